The first-order valence-corrected chi connectivity index (χ1v) is 9.26. The average Bonchev–Trinajstić information content (AvgIpc) is 2.77. The smallest absolute Gasteiger partial charge is 0.254 e. The van der Waals surface area contributed by atoms with Crippen molar-refractivity contribution in [3.8, 4) is 17.2 Å². The molecule has 0 atom stereocenters. The van der Waals surface area contributed by atoms with Gasteiger partial charge in [-0.2, -0.15) is 0 Å². The zero-order chi connectivity index (χ0) is 20.1. The predicted molar refractivity (Wildman–Crippen MR) is 105 cm³/mol. The summed E-state index contributed by atoms with van der Waals surface area (Å²) in [6, 6.07) is 12.3. The molecule has 1 fully saturated rings. The molecular weight excluding hydrogens is 358 g/mol. The van der Waals surface area contributed by atoms with E-state index in [1.165, 1.54) is 0 Å². The largest absolute Gasteiger partial charge is 0.497 e. The Morgan fingerprint density at radius 1 is 0.786 bits per heavy atom. The highest BCUT2D eigenvalue weighted by molar-refractivity contribution is 5.98. The lowest BCUT2D eigenvalue weighted by molar-refractivity contribution is 0.0650. The van der Waals surface area contributed by atoms with Gasteiger partial charge in [0.25, 0.3) is 5.91 Å². The second kappa shape index (κ2) is 8.78. The molecule has 0 unspecified atom stereocenters. The van der Waals surface area contributed by atoms with Gasteiger partial charge in [-0.05, 0) is 49.2 Å². The van der Waals surface area contributed by atoms with Crippen LogP contribution in [0.25, 0.3) is 0 Å². The molecule has 0 spiro atoms. The van der Waals surface area contributed by atoms with Gasteiger partial charge in [0, 0.05) is 36.2 Å². The number of hydrogen-bond acceptors (Lipinski definition) is 5. The van der Waals surface area contributed by atoms with Crippen LogP contribution < -0.4 is 14.2 Å². The first-order chi connectivity index (χ1) is 13.5. The molecule has 6 nitrogen and oxygen atoms in total. The van der Waals surface area contributed by atoms with Crippen LogP contribution in [0.1, 0.15) is 33.6 Å². The van der Waals surface area contributed by atoms with Crippen LogP contribution in [0.3, 0.4) is 0 Å². The van der Waals surface area contributed by atoms with Gasteiger partial charge in [0.05, 0.1) is 21.3 Å². The van der Waals surface area contributed by atoms with Crippen molar-refractivity contribution in [1.82, 2.24) is 4.90 Å². The van der Waals surface area contributed by atoms with E-state index in [1.807, 2.05) is 0 Å². The molecule has 0 saturated carbocycles. The zero-order valence-corrected chi connectivity index (χ0v) is 16.4. The Morgan fingerprint density at radius 3 is 1.82 bits per heavy atom. The summed E-state index contributed by atoms with van der Waals surface area (Å²) < 4.78 is 15.6. The highest BCUT2D eigenvalue weighted by atomic mass is 16.5. The van der Waals surface area contributed by atoms with Crippen LogP contribution >= 0.6 is 0 Å². The van der Waals surface area contributed by atoms with Gasteiger partial charge in [-0.15, -0.1) is 0 Å². The predicted octanol–water partition coefficient (Wildman–Crippen LogP) is 3.45. The van der Waals surface area contributed by atoms with Crippen LogP contribution in [0.5, 0.6) is 17.2 Å². The summed E-state index contributed by atoms with van der Waals surface area (Å²) >= 11 is 0. The molecule has 0 radical (unpaired) electrons. The molecule has 6 heteroatoms. The number of ether oxygens (including phenoxy) is 3. The molecule has 0 aliphatic carbocycles. The van der Waals surface area contributed by atoms with Crippen LogP contribution in [-0.4, -0.2) is 51.0 Å². The number of rotatable bonds is 6. The fourth-order valence-corrected chi connectivity index (χ4v) is 3.45. The molecule has 0 aromatic heterocycles. The van der Waals surface area contributed by atoms with E-state index in [2.05, 4.69) is 0 Å². The Kier molecular flexibility index (Phi) is 6.19. The van der Waals surface area contributed by atoms with Gasteiger partial charge in [0.1, 0.15) is 17.2 Å². The lowest BCUT2D eigenvalue weighted by Crippen LogP contribution is -2.40. The molecular formula is C22H25NO5. The van der Waals surface area contributed by atoms with Gasteiger partial charge < -0.3 is 19.1 Å². The van der Waals surface area contributed by atoms with Crippen molar-refractivity contribution < 1.29 is 23.8 Å². The fraction of sp³-hybridized carbons (Fsp3) is 0.364. The number of methoxy groups -OCH3 is 3. The van der Waals surface area contributed by atoms with Crippen molar-refractivity contribution in [3.05, 3.63) is 53.6 Å². The second-order valence-electron chi connectivity index (χ2n) is 6.76. The zero-order valence-electron chi connectivity index (χ0n) is 16.4. The number of nitrogens with zero attached hydrogens (tertiary/aromatic N) is 1. The Balaban J connectivity index is 1.64. The number of amides is 1. The molecule has 28 heavy (non-hydrogen) atoms. The summed E-state index contributed by atoms with van der Waals surface area (Å²) in [4.78, 5) is 27.4. The minimum atomic E-state index is -0.0763. The van der Waals surface area contributed by atoms with E-state index in [9.17, 15) is 9.59 Å². The average molecular weight is 383 g/mol. The number of ketones is 1. The Hall–Kier alpha value is -3.02. The number of carbonyl (C=O) groups excluding carboxylic acids is 2. The van der Waals surface area contributed by atoms with Crippen LogP contribution in [-0.2, 0) is 0 Å². The summed E-state index contributed by atoms with van der Waals surface area (Å²) in [7, 11) is 4.71. The highest BCUT2D eigenvalue weighted by Crippen LogP contribution is 2.27. The number of benzene rings is 2. The quantitative estimate of drug-likeness (QED) is 0.715. The molecule has 1 aliphatic rings. The molecule has 1 saturated heterocycles. The lowest BCUT2D eigenvalue weighted by atomic mass is 9.88. The summed E-state index contributed by atoms with van der Waals surface area (Å²) in [5.74, 6) is 1.85. The van der Waals surface area contributed by atoms with Gasteiger partial charge >= 0.3 is 0 Å². The number of Topliss-reactive ketones (excluding diaryl/α,β-unsaturated/α-hetero) is 1. The standard InChI is InChI=1S/C22H25NO5/c1-26-18-6-4-15(5-7-18)21(24)16-8-10-23(11-9-16)22(25)17-12-19(27-2)14-20(13-17)28-3/h4-7,12-14,16H,8-11H2,1-3H3. The number of hydrogen-bond donors (Lipinski definition) is 0. The number of likely N-dealkylation sites (tertiary alicyclic amines) is 1. The third-order valence-electron chi connectivity index (χ3n) is 5.13. The third-order valence-corrected chi connectivity index (χ3v) is 5.13. The Morgan fingerprint density at radius 2 is 1.32 bits per heavy atom. The van der Waals surface area contributed by atoms with Crippen LogP contribution in [0.4, 0.5) is 0 Å². The third kappa shape index (κ3) is 4.27. The second-order valence-corrected chi connectivity index (χ2v) is 6.76. The summed E-state index contributed by atoms with van der Waals surface area (Å²) in [5, 5.41) is 0. The molecule has 148 valence electrons. The maximum absolute atomic E-state index is 12.9. The molecule has 1 amide bonds. The van der Waals surface area contributed by atoms with Crippen molar-refractivity contribution in [2.75, 3.05) is 34.4 Å². The minimum Gasteiger partial charge on any atom is -0.497 e. The molecule has 0 N–H and O–H groups in total. The van der Waals surface area contributed by atoms with E-state index in [0.29, 0.717) is 48.6 Å². The monoisotopic (exact) mass is 383 g/mol. The molecule has 3 rings (SSSR count). The minimum absolute atomic E-state index is 0.0720. The van der Waals surface area contributed by atoms with E-state index in [1.54, 1.807) is 68.7 Å². The van der Waals surface area contributed by atoms with E-state index < -0.39 is 0 Å². The van der Waals surface area contributed by atoms with Gasteiger partial charge in [-0.1, -0.05) is 0 Å². The number of piperidine rings is 1. The van der Waals surface area contributed by atoms with Crippen molar-refractivity contribution in [3.63, 3.8) is 0 Å². The fourth-order valence-electron chi connectivity index (χ4n) is 3.45. The van der Waals surface area contributed by atoms with E-state index in [4.69, 9.17) is 14.2 Å². The SMILES string of the molecule is COc1ccc(C(=O)C2CCN(C(=O)c3cc(OC)cc(OC)c3)CC2)cc1. The summed E-state index contributed by atoms with van der Waals surface area (Å²) in [6.45, 7) is 1.09. The van der Waals surface area contributed by atoms with Crippen molar-refractivity contribution in [1.29, 1.82) is 0 Å². The van der Waals surface area contributed by atoms with Gasteiger partial charge in [-0.25, -0.2) is 0 Å². The van der Waals surface area contributed by atoms with Gasteiger partial charge in [0.2, 0.25) is 0 Å². The topological polar surface area (TPSA) is 65.1 Å². The molecule has 0 bridgehead atoms. The molecule has 2 aromatic rings. The summed E-state index contributed by atoms with van der Waals surface area (Å²) in [6.07, 6.45) is 1.30. The Labute approximate surface area is 165 Å². The maximum atomic E-state index is 12.9. The van der Waals surface area contributed by atoms with Crippen LogP contribution in [0, 0.1) is 5.92 Å². The molecule has 2 aromatic carbocycles. The van der Waals surface area contributed by atoms with Gasteiger partial charge in [-0.3, -0.25) is 9.59 Å². The molecule has 1 aliphatic heterocycles. The van der Waals surface area contributed by atoms with E-state index >= 15 is 0 Å². The van der Waals surface area contributed by atoms with Crippen molar-refractivity contribution in [2.45, 2.75) is 12.8 Å². The molecule has 1 heterocycles. The van der Waals surface area contributed by atoms with Crippen LogP contribution in [0.2, 0.25) is 0 Å². The van der Waals surface area contributed by atoms with Crippen molar-refractivity contribution in [2.24, 2.45) is 5.92 Å². The maximum Gasteiger partial charge on any atom is 0.254 e. The van der Waals surface area contributed by atoms with Crippen LogP contribution in [0.15, 0.2) is 42.5 Å². The summed E-state index contributed by atoms with van der Waals surface area (Å²) in [5.41, 5.74) is 1.21. The van der Waals surface area contributed by atoms with Crippen molar-refractivity contribution >= 4 is 11.7 Å². The number of carbonyl (C=O) groups is 2. The first-order valence-electron chi connectivity index (χ1n) is 9.26. The highest BCUT2D eigenvalue weighted by Gasteiger charge is 2.28. The van der Waals surface area contributed by atoms with Gasteiger partial charge in [0.15, 0.2) is 5.78 Å². The lowest BCUT2D eigenvalue weighted by Gasteiger charge is -2.31. The van der Waals surface area contributed by atoms with E-state index in [-0.39, 0.29) is 17.6 Å². The van der Waals surface area contributed by atoms with E-state index in [0.717, 1.165) is 5.75 Å². The first kappa shape index (κ1) is 19.7. The Bertz CT molecular complexity index is 816. The normalized spacial score (nSPS) is 14.5.